The van der Waals surface area contributed by atoms with Crippen molar-refractivity contribution in [2.45, 2.75) is 26.8 Å². The third-order valence-electron chi connectivity index (χ3n) is 5.11. The number of hydrogen-bond donors (Lipinski definition) is 1. The number of aryl methyl sites for hydroxylation is 2. The van der Waals surface area contributed by atoms with E-state index in [0.29, 0.717) is 6.04 Å². The highest BCUT2D eigenvalue weighted by Gasteiger charge is 2.15. The predicted octanol–water partition coefficient (Wildman–Crippen LogP) is 4.26. The Balaban J connectivity index is 1.69. The largest absolute Gasteiger partial charge is 0.345 e. The van der Waals surface area contributed by atoms with Crippen LogP contribution in [0.2, 0.25) is 0 Å². The monoisotopic (exact) mass is 371 g/mol. The van der Waals surface area contributed by atoms with E-state index in [1.807, 2.05) is 45.0 Å². The maximum absolute atomic E-state index is 4.68. The molecule has 0 aromatic carbocycles. The number of fused-ring (bicyclic) bond motifs is 2. The highest BCUT2D eigenvalue weighted by molar-refractivity contribution is 5.96. The minimum atomic E-state index is 0.335. The van der Waals surface area contributed by atoms with Gasteiger partial charge < -0.3 is 9.55 Å². The minimum absolute atomic E-state index is 0.335. The molecule has 0 saturated heterocycles. The van der Waals surface area contributed by atoms with Crippen LogP contribution in [0.25, 0.3) is 44.5 Å². The number of H-pyrrole nitrogens is 1. The van der Waals surface area contributed by atoms with Gasteiger partial charge in [-0.25, -0.2) is 9.97 Å². The van der Waals surface area contributed by atoms with Crippen LogP contribution in [0.4, 0.5) is 0 Å². The Morgan fingerprint density at radius 3 is 2.64 bits per heavy atom. The number of nitrogens with one attached hydrogen (secondary N) is 1. The summed E-state index contributed by atoms with van der Waals surface area (Å²) in [5.41, 5.74) is 6.88. The number of aromatic nitrogens is 7. The van der Waals surface area contributed by atoms with Gasteiger partial charge in [-0.1, -0.05) is 0 Å². The van der Waals surface area contributed by atoms with E-state index < -0.39 is 0 Å². The first-order valence-electron chi connectivity index (χ1n) is 9.32. The summed E-state index contributed by atoms with van der Waals surface area (Å²) in [4.78, 5) is 17.2. The van der Waals surface area contributed by atoms with E-state index in [9.17, 15) is 0 Å². The Hall–Kier alpha value is -3.48. The fourth-order valence-electron chi connectivity index (χ4n) is 3.86. The van der Waals surface area contributed by atoms with Crippen molar-refractivity contribution in [3.05, 3.63) is 48.9 Å². The summed E-state index contributed by atoms with van der Waals surface area (Å²) in [5, 5.41) is 5.31. The average molecular weight is 371 g/mol. The fraction of sp³-hybridized carbons (Fsp3) is 0.238. The van der Waals surface area contributed by atoms with Gasteiger partial charge >= 0.3 is 0 Å². The van der Waals surface area contributed by atoms with E-state index in [0.717, 1.165) is 50.3 Å². The molecule has 0 aliphatic heterocycles. The maximum atomic E-state index is 4.68. The number of pyridine rings is 2. The Labute approximate surface area is 162 Å². The molecule has 5 aromatic heterocycles. The number of hydrogen-bond acceptors (Lipinski definition) is 4. The second-order valence-electron chi connectivity index (χ2n) is 7.41. The highest BCUT2D eigenvalue weighted by atomic mass is 15.2. The number of rotatable bonds is 3. The first kappa shape index (κ1) is 16.7. The molecule has 5 rings (SSSR count). The van der Waals surface area contributed by atoms with Crippen molar-refractivity contribution in [2.75, 3.05) is 0 Å². The van der Waals surface area contributed by atoms with Gasteiger partial charge in [0, 0.05) is 53.8 Å². The number of nitrogens with zero attached hydrogens (tertiary/aromatic N) is 6. The summed E-state index contributed by atoms with van der Waals surface area (Å²) in [5.74, 6) is 1.00. The third kappa shape index (κ3) is 2.51. The zero-order chi connectivity index (χ0) is 19.4. The minimum Gasteiger partial charge on any atom is -0.345 e. The molecule has 0 unspecified atom stereocenters. The summed E-state index contributed by atoms with van der Waals surface area (Å²) in [7, 11) is 1.91. The molecule has 0 aliphatic carbocycles. The topological polar surface area (TPSA) is 77.2 Å². The summed E-state index contributed by atoms with van der Waals surface area (Å²) >= 11 is 0. The third-order valence-corrected chi connectivity index (χ3v) is 5.11. The summed E-state index contributed by atoms with van der Waals surface area (Å²) in [6.07, 6.45) is 9.54. The van der Waals surface area contributed by atoms with Crippen molar-refractivity contribution in [1.82, 2.24) is 34.3 Å². The normalized spacial score (nSPS) is 11.9. The molecule has 0 atom stereocenters. The van der Waals surface area contributed by atoms with Crippen LogP contribution in [-0.4, -0.2) is 34.3 Å². The van der Waals surface area contributed by atoms with Crippen LogP contribution in [0.5, 0.6) is 0 Å². The van der Waals surface area contributed by atoms with Crippen molar-refractivity contribution in [2.24, 2.45) is 7.05 Å². The van der Waals surface area contributed by atoms with Crippen LogP contribution < -0.4 is 0 Å². The van der Waals surface area contributed by atoms with Gasteiger partial charge in [0.15, 0.2) is 0 Å². The van der Waals surface area contributed by atoms with Gasteiger partial charge in [0.25, 0.3) is 0 Å². The van der Waals surface area contributed by atoms with Crippen molar-refractivity contribution >= 4 is 22.1 Å². The smallest absolute Gasteiger partial charge is 0.137 e. The molecule has 0 bridgehead atoms. The SMILES string of the molecule is Cc1nc2cnc(-c3c[nH]c4ncc(-c5cnn(C)c5)cc34)cc2n1C(C)C. The van der Waals surface area contributed by atoms with Gasteiger partial charge in [0.1, 0.15) is 17.0 Å². The van der Waals surface area contributed by atoms with Gasteiger partial charge in [-0.15, -0.1) is 0 Å². The van der Waals surface area contributed by atoms with E-state index in [1.54, 1.807) is 4.68 Å². The van der Waals surface area contributed by atoms with E-state index in [-0.39, 0.29) is 0 Å². The molecule has 1 N–H and O–H groups in total. The molecule has 0 spiro atoms. The predicted molar refractivity (Wildman–Crippen MR) is 110 cm³/mol. The molecule has 5 heterocycles. The Kier molecular flexibility index (Phi) is 3.58. The Bertz CT molecular complexity index is 1320. The standard InChI is InChI=1S/C21H21N7/c1-12(2)28-13(3)26-19-10-22-18(6-20(19)28)17-9-24-21-16(17)5-14(7-23-21)15-8-25-27(4)11-15/h5-12H,1-4H3,(H,23,24). The highest BCUT2D eigenvalue weighted by Crippen LogP contribution is 2.32. The van der Waals surface area contributed by atoms with Crippen LogP contribution >= 0.6 is 0 Å². The van der Waals surface area contributed by atoms with Crippen LogP contribution in [0, 0.1) is 6.92 Å². The molecular formula is C21H21N7. The lowest BCUT2D eigenvalue weighted by molar-refractivity contribution is 0.600. The quantitative estimate of drug-likeness (QED) is 0.514. The van der Waals surface area contributed by atoms with Gasteiger partial charge in [-0.2, -0.15) is 5.10 Å². The van der Waals surface area contributed by atoms with Crippen LogP contribution in [0.15, 0.2) is 43.1 Å². The first-order chi connectivity index (χ1) is 13.5. The van der Waals surface area contributed by atoms with Crippen molar-refractivity contribution in [3.8, 4) is 22.4 Å². The Morgan fingerprint density at radius 2 is 1.89 bits per heavy atom. The number of aromatic amines is 1. The summed E-state index contributed by atoms with van der Waals surface area (Å²) < 4.78 is 4.04. The van der Waals surface area contributed by atoms with E-state index in [1.165, 1.54) is 0 Å². The van der Waals surface area contributed by atoms with E-state index in [2.05, 4.69) is 55.6 Å². The van der Waals surface area contributed by atoms with Crippen molar-refractivity contribution in [3.63, 3.8) is 0 Å². The molecule has 7 nitrogen and oxygen atoms in total. The Morgan fingerprint density at radius 1 is 1.04 bits per heavy atom. The molecule has 0 amide bonds. The zero-order valence-electron chi connectivity index (χ0n) is 16.3. The summed E-state index contributed by atoms with van der Waals surface area (Å²) in [6, 6.07) is 4.60. The fourth-order valence-corrected chi connectivity index (χ4v) is 3.86. The van der Waals surface area contributed by atoms with Crippen molar-refractivity contribution < 1.29 is 0 Å². The molecule has 0 fully saturated rings. The van der Waals surface area contributed by atoms with Gasteiger partial charge in [0.05, 0.1) is 23.6 Å². The second kappa shape index (κ2) is 6.02. The molecule has 0 radical (unpaired) electrons. The first-order valence-corrected chi connectivity index (χ1v) is 9.32. The molecule has 7 heteroatoms. The zero-order valence-corrected chi connectivity index (χ0v) is 16.3. The molecule has 0 saturated carbocycles. The molecular weight excluding hydrogens is 350 g/mol. The van der Waals surface area contributed by atoms with Crippen LogP contribution in [0.3, 0.4) is 0 Å². The molecule has 0 aliphatic rings. The second-order valence-corrected chi connectivity index (χ2v) is 7.41. The molecule has 28 heavy (non-hydrogen) atoms. The van der Waals surface area contributed by atoms with E-state index in [4.69, 9.17) is 0 Å². The van der Waals surface area contributed by atoms with Gasteiger partial charge in [-0.05, 0) is 32.9 Å². The average Bonchev–Trinajstić information content (AvgIpc) is 3.36. The molecule has 140 valence electrons. The maximum Gasteiger partial charge on any atom is 0.137 e. The summed E-state index contributed by atoms with van der Waals surface area (Å²) in [6.45, 7) is 6.38. The number of imidazole rings is 1. The van der Waals surface area contributed by atoms with Crippen LogP contribution in [-0.2, 0) is 7.05 Å². The molecule has 5 aromatic rings. The van der Waals surface area contributed by atoms with Gasteiger partial charge in [-0.3, -0.25) is 9.67 Å². The lowest BCUT2D eigenvalue weighted by Crippen LogP contribution is -2.02. The van der Waals surface area contributed by atoms with Gasteiger partial charge in [0.2, 0.25) is 0 Å². The lowest BCUT2D eigenvalue weighted by Gasteiger charge is -2.11. The van der Waals surface area contributed by atoms with Crippen molar-refractivity contribution in [1.29, 1.82) is 0 Å². The van der Waals surface area contributed by atoms with E-state index >= 15 is 0 Å². The lowest BCUT2D eigenvalue weighted by atomic mass is 10.1. The van der Waals surface area contributed by atoms with Crippen LogP contribution in [0.1, 0.15) is 25.7 Å².